The van der Waals surface area contributed by atoms with Crippen molar-refractivity contribution >= 4 is 23.4 Å². The lowest BCUT2D eigenvalue weighted by atomic mass is 10.1. The maximum Gasteiger partial charge on any atom is 0.416 e. The van der Waals surface area contributed by atoms with Crippen LogP contribution in [0.25, 0.3) is 0 Å². The minimum absolute atomic E-state index is 0.103. The van der Waals surface area contributed by atoms with Crippen LogP contribution in [-0.2, 0) is 6.18 Å². The molecule has 0 atom stereocenters. The maximum absolute atomic E-state index is 13.0. The van der Waals surface area contributed by atoms with Gasteiger partial charge in [0.05, 0.1) is 12.2 Å². The summed E-state index contributed by atoms with van der Waals surface area (Å²) in [6.07, 6.45) is 1.10. The molecule has 0 bridgehead atoms. The van der Waals surface area contributed by atoms with E-state index in [-0.39, 0.29) is 5.82 Å². The van der Waals surface area contributed by atoms with Crippen LogP contribution in [0.2, 0.25) is 0 Å². The summed E-state index contributed by atoms with van der Waals surface area (Å²) >= 11 is 0. The van der Waals surface area contributed by atoms with Gasteiger partial charge in [-0.05, 0) is 44.4 Å². The highest BCUT2D eigenvalue weighted by Gasteiger charge is 2.30. The molecule has 2 aliphatic rings. The SMILES string of the molecule is FC(F)(F)c1ccnc(Nc2cc(N3CCCCC3)nc(N3CCCNC3)n2)c1. The molecule has 0 aliphatic carbocycles. The van der Waals surface area contributed by atoms with Crippen LogP contribution >= 0.6 is 0 Å². The normalized spacial score (nSPS) is 18.0. The summed E-state index contributed by atoms with van der Waals surface area (Å²) in [6, 6.07) is 3.73. The van der Waals surface area contributed by atoms with Gasteiger partial charge in [-0.15, -0.1) is 0 Å². The van der Waals surface area contributed by atoms with Crippen LogP contribution in [0.4, 0.5) is 36.6 Å². The van der Waals surface area contributed by atoms with Gasteiger partial charge in [0.15, 0.2) is 0 Å². The minimum atomic E-state index is -4.42. The molecule has 2 aromatic heterocycles. The monoisotopic (exact) mass is 407 g/mol. The van der Waals surface area contributed by atoms with Crippen molar-refractivity contribution in [2.45, 2.75) is 31.9 Å². The topological polar surface area (TPSA) is 69.2 Å². The van der Waals surface area contributed by atoms with Crippen molar-refractivity contribution in [3.8, 4) is 0 Å². The average Bonchev–Trinajstić information content (AvgIpc) is 2.74. The van der Waals surface area contributed by atoms with Crippen molar-refractivity contribution in [1.82, 2.24) is 20.3 Å². The van der Waals surface area contributed by atoms with Crippen molar-refractivity contribution in [1.29, 1.82) is 0 Å². The van der Waals surface area contributed by atoms with Crippen LogP contribution in [-0.4, -0.2) is 47.8 Å². The van der Waals surface area contributed by atoms with E-state index in [4.69, 9.17) is 4.98 Å². The van der Waals surface area contributed by atoms with Crippen LogP contribution in [0.3, 0.4) is 0 Å². The Labute approximate surface area is 167 Å². The number of rotatable bonds is 4. The highest BCUT2D eigenvalue weighted by molar-refractivity contribution is 5.60. The first kappa shape index (κ1) is 19.7. The quantitative estimate of drug-likeness (QED) is 0.805. The number of anilines is 4. The number of nitrogens with zero attached hydrogens (tertiary/aromatic N) is 5. The second kappa shape index (κ2) is 8.40. The molecule has 2 saturated heterocycles. The van der Waals surface area contributed by atoms with Gasteiger partial charge in [-0.1, -0.05) is 0 Å². The molecule has 4 rings (SSSR count). The van der Waals surface area contributed by atoms with Crippen LogP contribution in [0, 0.1) is 0 Å². The van der Waals surface area contributed by atoms with Gasteiger partial charge in [-0.25, -0.2) is 4.98 Å². The number of nitrogens with one attached hydrogen (secondary N) is 2. The molecule has 2 fully saturated rings. The van der Waals surface area contributed by atoms with E-state index in [1.165, 1.54) is 6.42 Å². The molecular weight excluding hydrogens is 383 g/mol. The molecule has 2 aliphatic heterocycles. The van der Waals surface area contributed by atoms with Crippen molar-refractivity contribution < 1.29 is 13.2 Å². The fourth-order valence-electron chi connectivity index (χ4n) is 3.58. The van der Waals surface area contributed by atoms with E-state index < -0.39 is 11.7 Å². The highest BCUT2D eigenvalue weighted by atomic mass is 19.4. The first-order valence-corrected chi connectivity index (χ1v) is 9.89. The molecule has 29 heavy (non-hydrogen) atoms. The lowest BCUT2D eigenvalue weighted by Crippen LogP contribution is -2.42. The third kappa shape index (κ3) is 4.87. The van der Waals surface area contributed by atoms with Gasteiger partial charge in [0.1, 0.15) is 17.5 Å². The molecule has 2 aromatic rings. The summed E-state index contributed by atoms with van der Waals surface area (Å²) in [5.74, 6) is 1.89. The molecule has 0 radical (unpaired) electrons. The Kier molecular flexibility index (Phi) is 5.70. The molecule has 0 unspecified atom stereocenters. The standard InChI is InChI=1S/C19H24F3N7/c20-19(21,22)14-5-7-24-15(11-14)25-16-12-17(28-8-2-1-3-9-28)27-18(26-16)29-10-4-6-23-13-29/h5,7,11-12,23H,1-4,6,8-10,13H2,(H,24,25,26,27). The predicted octanol–water partition coefficient (Wildman–Crippen LogP) is 3.38. The van der Waals surface area contributed by atoms with E-state index in [0.717, 1.165) is 69.6 Å². The summed E-state index contributed by atoms with van der Waals surface area (Å²) in [4.78, 5) is 17.6. The Hall–Kier alpha value is -2.62. The summed E-state index contributed by atoms with van der Waals surface area (Å²) in [7, 11) is 0. The fourth-order valence-corrected chi connectivity index (χ4v) is 3.58. The molecule has 4 heterocycles. The number of alkyl halides is 3. The van der Waals surface area contributed by atoms with Gasteiger partial charge < -0.3 is 15.1 Å². The average molecular weight is 407 g/mol. The molecule has 156 valence electrons. The lowest BCUT2D eigenvalue weighted by molar-refractivity contribution is -0.137. The third-order valence-electron chi connectivity index (χ3n) is 5.09. The zero-order valence-corrected chi connectivity index (χ0v) is 16.0. The zero-order valence-electron chi connectivity index (χ0n) is 16.0. The van der Waals surface area contributed by atoms with Gasteiger partial charge >= 0.3 is 6.18 Å². The molecule has 0 spiro atoms. The van der Waals surface area contributed by atoms with Crippen molar-refractivity contribution in [2.24, 2.45) is 0 Å². The van der Waals surface area contributed by atoms with Gasteiger partial charge in [-0.2, -0.15) is 23.1 Å². The van der Waals surface area contributed by atoms with Crippen LogP contribution in [0.1, 0.15) is 31.2 Å². The molecule has 2 N–H and O–H groups in total. The third-order valence-corrected chi connectivity index (χ3v) is 5.09. The maximum atomic E-state index is 13.0. The van der Waals surface area contributed by atoms with Gasteiger partial charge in [0.25, 0.3) is 0 Å². The molecule has 7 nitrogen and oxygen atoms in total. The lowest BCUT2D eigenvalue weighted by Gasteiger charge is -2.31. The molecular formula is C19H24F3N7. The number of hydrogen-bond acceptors (Lipinski definition) is 7. The van der Waals surface area contributed by atoms with Crippen molar-refractivity contribution in [3.63, 3.8) is 0 Å². The number of pyridine rings is 1. The molecule has 10 heteroatoms. The Morgan fingerprint density at radius 3 is 2.45 bits per heavy atom. The Balaban J connectivity index is 1.64. The van der Waals surface area contributed by atoms with E-state index >= 15 is 0 Å². The minimum Gasteiger partial charge on any atom is -0.356 e. The van der Waals surface area contributed by atoms with E-state index in [2.05, 4.69) is 25.5 Å². The Morgan fingerprint density at radius 2 is 1.72 bits per heavy atom. The largest absolute Gasteiger partial charge is 0.416 e. The van der Waals surface area contributed by atoms with Crippen molar-refractivity contribution in [2.75, 3.05) is 48.0 Å². The van der Waals surface area contributed by atoms with Gasteiger partial charge in [0.2, 0.25) is 5.95 Å². The molecule has 0 amide bonds. The number of hydrogen-bond donors (Lipinski definition) is 2. The number of halogens is 3. The molecule has 0 saturated carbocycles. The Morgan fingerprint density at radius 1 is 0.931 bits per heavy atom. The summed E-state index contributed by atoms with van der Waals surface area (Å²) < 4.78 is 39.1. The van der Waals surface area contributed by atoms with Gasteiger partial charge in [0, 0.05) is 31.9 Å². The highest BCUT2D eigenvalue weighted by Crippen LogP contribution is 2.31. The summed E-state index contributed by atoms with van der Waals surface area (Å²) in [6.45, 7) is 4.25. The van der Waals surface area contributed by atoms with E-state index in [0.29, 0.717) is 18.4 Å². The van der Waals surface area contributed by atoms with E-state index in [9.17, 15) is 13.2 Å². The van der Waals surface area contributed by atoms with Gasteiger partial charge in [-0.3, -0.25) is 5.32 Å². The second-order valence-corrected chi connectivity index (χ2v) is 7.29. The first-order chi connectivity index (χ1) is 14.0. The van der Waals surface area contributed by atoms with Crippen molar-refractivity contribution in [3.05, 3.63) is 30.0 Å². The summed E-state index contributed by atoms with van der Waals surface area (Å²) in [5, 5.41) is 6.24. The second-order valence-electron chi connectivity index (χ2n) is 7.29. The van der Waals surface area contributed by atoms with Crippen LogP contribution < -0.4 is 20.4 Å². The molecule has 0 aromatic carbocycles. The predicted molar refractivity (Wildman–Crippen MR) is 105 cm³/mol. The van der Waals surface area contributed by atoms with E-state index in [1.54, 1.807) is 6.07 Å². The number of piperidine rings is 1. The van der Waals surface area contributed by atoms with Crippen LogP contribution in [0.15, 0.2) is 24.4 Å². The fraction of sp³-hybridized carbons (Fsp3) is 0.526. The Bertz CT molecular complexity index is 795. The zero-order chi connectivity index (χ0) is 20.3. The summed E-state index contributed by atoms with van der Waals surface area (Å²) in [5.41, 5.74) is -0.749. The first-order valence-electron chi connectivity index (χ1n) is 9.89. The van der Waals surface area contributed by atoms with E-state index in [1.807, 2.05) is 4.90 Å². The number of aromatic nitrogens is 3. The van der Waals surface area contributed by atoms with Crippen LogP contribution in [0.5, 0.6) is 0 Å². The smallest absolute Gasteiger partial charge is 0.356 e.